The highest BCUT2D eigenvalue weighted by molar-refractivity contribution is 5.92. The molecule has 2 rings (SSSR count). The van der Waals surface area contributed by atoms with E-state index in [1.807, 2.05) is 6.92 Å². The Bertz CT molecular complexity index is 732. The van der Waals surface area contributed by atoms with E-state index in [1.54, 1.807) is 17.9 Å². The first kappa shape index (κ1) is 23.5. The predicted octanol–water partition coefficient (Wildman–Crippen LogP) is 1.39. The smallest absolute Gasteiger partial charge is 0.339 e. The molecule has 0 bridgehead atoms. The average Bonchev–Trinajstić information content (AvgIpc) is 2.76. The monoisotopic (exact) mass is 422 g/mol. The van der Waals surface area contributed by atoms with Gasteiger partial charge in [0.25, 0.3) is 11.8 Å². The molecule has 30 heavy (non-hydrogen) atoms. The molecule has 166 valence electrons. The second-order valence-corrected chi connectivity index (χ2v) is 6.71. The molecule has 1 N–H and O–H groups in total. The van der Waals surface area contributed by atoms with Crippen LogP contribution in [0, 0.1) is 0 Å². The van der Waals surface area contributed by atoms with E-state index in [4.69, 9.17) is 18.9 Å². The van der Waals surface area contributed by atoms with Crippen molar-refractivity contribution in [3.8, 4) is 11.5 Å². The lowest BCUT2D eigenvalue weighted by molar-refractivity contribution is -0.137. The molecule has 0 unspecified atom stereocenters. The van der Waals surface area contributed by atoms with Crippen LogP contribution >= 0.6 is 0 Å². The fourth-order valence-electron chi connectivity index (χ4n) is 2.74. The van der Waals surface area contributed by atoms with Crippen LogP contribution in [0.3, 0.4) is 0 Å². The van der Waals surface area contributed by atoms with Crippen LogP contribution in [-0.4, -0.2) is 74.8 Å². The SMILES string of the molecule is CCCNC(=O)[C@H](C)OC(=O)c1ccc(OCC(=O)N2CCOCC2)c(OCC)c1. The molecule has 0 aliphatic carbocycles. The van der Waals surface area contributed by atoms with Crippen LogP contribution < -0.4 is 14.8 Å². The third kappa shape index (κ3) is 6.91. The molecule has 1 fully saturated rings. The van der Waals surface area contributed by atoms with Gasteiger partial charge in [-0.2, -0.15) is 0 Å². The number of ether oxygens (including phenoxy) is 4. The number of hydrogen-bond donors (Lipinski definition) is 1. The van der Waals surface area contributed by atoms with Crippen LogP contribution in [0.2, 0.25) is 0 Å². The summed E-state index contributed by atoms with van der Waals surface area (Å²) in [5.41, 5.74) is 0.223. The molecule has 1 aliphatic heterocycles. The number of hydrogen-bond acceptors (Lipinski definition) is 7. The van der Waals surface area contributed by atoms with E-state index < -0.39 is 12.1 Å². The van der Waals surface area contributed by atoms with E-state index in [0.717, 1.165) is 6.42 Å². The highest BCUT2D eigenvalue weighted by atomic mass is 16.5. The van der Waals surface area contributed by atoms with E-state index in [0.29, 0.717) is 51.0 Å². The van der Waals surface area contributed by atoms with Gasteiger partial charge in [0, 0.05) is 19.6 Å². The Morgan fingerprint density at radius 3 is 2.53 bits per heavy atom. The molecule has 1 saturated heterocycles. The number of nitrogens with zero attached hydrogens (tertiary/aromatic N) is 1. The number of esters is 1. The summed E-state index contributed by atoms with van der Waals surface area (Å²) in [6, 6.07) is 4.54. The second-order valence-electron chi connectivity index (χ2n) is 6.71. The van der Waals surface area contributed by atoms with Crippen molar-refractivity contribution in [2.45, 2.75) is 33.3 Å². The number of morpholine rings is 1. The molecule has 2 amide bonds. The van der Waals surface area contributed by atoms with Gasteiger partial charge >= 0.3 is 5.97 Å². The Balaban J connectivity index is 2.00. The lowest BCUT2D eigenvalue weighted by Gasteiger charge is -2.26. The van der Waals surface area contributed by atoms with Gasteiger partial charge in [-0.3, -0.25) is 9.59 Å². The first-order valence-electron chi connectivity index (χ1n) is 10.2. The Morgan fingerprint density at radius 2 is 1.87 bits per heavy atom. The van der Waals surface area contributed by atoms with Crippen LogP contribution in [-0.2, 0) is 19.1 Å². The van der Waals surface area contributed by atoms with E-state index in [-0.39, 0.29) is 24.0 Å². The Labute approximate surface area is 176 Å². The van der Waals surface area contributed by atoms with Crippen LogP contribution in [0.1, 0.15) is 37.6 Å². The van der Waals surface area contributed by atoms with Gasteiger partial charge in [-0.05, 0) is 38.5 Å². The Hall–Kier alpha value is -2.81. The van der Waals surface area contributed by atoms with Crippen molar-refractivity contribution >= 4 is 17.8 Å². The molecule has 0 spiro atoms. The van der Waals surface area contributed by atoms with Crippen LogP contribution in [0.15, 0.2) is 18.2 Å². The van der Waals surface area contributed by atoms with E-state index >= 15 is 0 Å². The van der Waals surface area contributed by atoms with Crippen molar-refractivity contribution in [2.75, 3.05) is 46.1 Å². The third-order valence-corrected chi connectivity index (χ3v) is 4.40. The molecule has 0 saturated carbocycles. The largest absolute Gasteiger partial charge is 0.490 e. The molecule has 9 heteroatoms. The highest BCUT2D eigenvalue weighted by Crippen LogP contribution is 2.29. The zero-order valence-electron chi connectivity index (χ0n) is 17.8. The van der Waals surface area contributed by atoms with Crippen LogP contribution in [0.25, 0.3) is 0 Å². The number of nitrogens with one attached hydrogen (secondary N) is 1. The summed E-state index contributed by atoms with van der Waals surface area (Å²) < 4.78 is 21.6. The van der Waals surface area contributed by atoms with Gasteiger partial charge < -0.3 is 29.2 Å². The van der Waals surface area contributed by atoms with E-state index in [2.05, 4.69) is 5.32 Å². The second kappa shape index (κ2) is 12.0. The first-order valence-corrected chi connectivity index (χ1v) is 10.2. The number of rotatable bonds is 10. The highest BCUT2D eigenvalue weighted by Gasteiger charge is 2.21. The summed E-state index contributed by atoms with van der Waals surface area (Å²) in [7, 11) is 0. The van der Waals surface area contributed by atoms with E-state index in [9.17, 15) is 14.4 Å². The fourth-order valence-corrected chi connectivity index (χ4v) is 2.74. The zero-order valence-corrected chi connectivity index (χ0v) is 17.8. The van der Waals surface area contributed by atoms with Gasteiger partial charge in [-0.25, -0.2) is 4.79 Å². The predicted molar refractivity (Wildman–Crippen MR) is 109 cm³/mol. The van der Waals surface area contributed by atoms with Crippen molar-refractivity contribution in [1.82, 2.24) is 10.2 Å². The number of carbonyl (C=O) groups is 3. The standard InChI is InChI=1S/C21H30N2O7/c1-4-8-22-20(25)15(3)30-21(26)16-6-7-17(18(13-16)28-5-2)29-14-19(24)23-9-11-27-12-10-23/h6-7,13,15H,4-5,8-12,14H2,1-3H3,(H,22,25)/t15-/m0/s1. The maximum Gasteiger partial charge on any atom is 0.339 e. The van der Waals surface area contributed by atoms with Crippen LogP contribution in [0.4, 0.5) is 0 Å². The molecule has 1 aliphatic rings. The van der Waals surface area contributed by atoms with Crippen molar-refractivity contribution in [2.24, 2.45) is 0 Å². The van der Waals surface area contributed by atoms with Gasteiger partial charge in [-0.1, -0.05) is 6.92 Å². The normalized spacial score (nSPS) is 14.6. The van der Waals surface area contributed by atoms with Gasteiger partial charge in [0.2, 0.25) is 0 Å². The minimum Gasteiger partial charge on any atom is -0.490 e. The maximum atomic E-state index is 12.4. The molecule has 0 aromatic heterocycles. The third-order valence-electron chi connectivity index (χ3n) is 4.40. The Morgan fingerprint density at radius 1 is 1.13 bits per heavy atom. The molecular formula is C21H30N2O7. The van der Waals surface area contributed by atoms with Crippen LogP contribution in [0.5, 0.6) is 11.5 Å². The van der Waals surface area contributed by atoms with Gasteiger partial charge in [0.1, 0.15) is 0 Å². The van der Waals surface area contributed by atoms with Crippen molar-refractivity contribution in [3.63, 3.8) is 0 Å². The quantitative estimate of drug-likeness (QED) is 0.569. The van der Waals surface area contributed by atoms with Crippen molar-refractivity contribution < 1.29 is 33.3 Å². The van der Waals surface area contributed by atoms with Gasteiger partial charge in [-0.15, -0.1) is 0 Å². The lowest BCUT2D eigenvalue weighted by Crippen LogP contribution is -2.43. The summed E-state index contributed by atoms with van der Waals surface area (Å²) in [4.78, 5) is 38.2. The molecule has 9 nitrogen and oxygen atoms in total. The topological polar surface area (TPSA) is 103 Å². The summed E-state index contributed by atoms with van der Waals surface area (Å²) in [6.45, 7) is 8.08. The minimum absolute atomic E-state index is 0.140. The van der Waals surface area contributed by atoms with Crippen molar-refractivity contribution in [1.29, 1.82) is 0 Å². The first-order chi connectivity index (χ1) is 14.5. The fraction of sp³-hybridized carbons (Fsp3) is 0.571. The van der Waals surface area contributed by atoms with Crippen molar-refractivity contribution in [3.05, 3.63) is 23.8 Å². The molecule has 1 aromatic rings. The molecule has 1 atom stereocenters. The summed E-state index contributed by atoms with van der Waals surface area (Å²) >= 11 is 0. The maximum absolute atomic E-state index is 12.4. The number of benzene rings is 1. The number of amides is 2. The zero-order chi connectivity index (χ0) is 21.9. The lowest BCUT2D eigenvalue weighted by atomic mass is 10.2. The van der Waals surface area contributed by atoms with Gasteiger partial charge in [0.05, 0.1) is 25.4 Å². The van der Waals surface area contributed by atoms with Gasteiger partial charge in [0.15, 0.2) is 24.2 Å². The Kier molecular flexibility index (Phi) is 9.40. The molecule has 1 aromatic carbocycles. The molecular weight excluding hydrogens is 392 g/mol. The molecule has 1 heterocycles. The summed E-state index contributed by atoms with van der Waals surface area (Å²) in [5, 5.41) is 2.68. The van der Waals surface area contributed by atoms with E-state index in [1.165, 1.54) is 19.1 Å². The summed E-state index contributed by atoms with van der Waals surface area (Å²) in [6.07, 6.45) is -0.124. The number of carbonyl (C=O) groups excluding carboxylic acids is 3. The average molecular weight is 422 g/mol. The summed E-state index contributed by atoms with van der Waals surface area (Å²) in [5.74, 6) is -0.465. The molecule has 0 radical (unpaired) electrons. The minimum atomic E-state index is -0.915.